The number of allylic oxidation sites excluding steroid dienone is 3. The lowest BCUT2D eigenvalue weighted by Gasteiger charge is -2.24. The molecule has 1 amide bonds. The lowest BCUT2D eigenvalue weighted by atomic mass is 9.87. The average molecular weight is 337 g/mol. The molecule has 0 aromatic heterocycles. The van der Waals surface area contributed by atoms with E-state index in [1.807, 2.05) is 0 Å². The lowest BCUT2D eigenvalue weighted by molar-refractivity contribution is -0.116. The number of benzene rings is 1. The molecule has 0 spiro atoms. The third kappa shape index (κ3) is 5.01. The Labute approximate surface area is 138 Å². The molecule has 2 atom stereocenters. The SMILES string of the molecule is CC1C=C(C(F)(F)F)C=CC1CNC(=O)/C=C/c1cccc(O)c1. The van der Waals surface area contributed by atoms with Crippen molar-refractivity contribution >= 4 is 12.0 Å². The molecule has 0 aliphatic heterocycles. The van der Waals surface area contributed by atoms with Gasteiger partial charge in [-0.05, 0) is 29.7 Å². The van der Waals surface area contributed by atoms with E-state index in [1.165, 1.54) is 30.4 Å². The maximum Gasteiger partial charge on any atom is 0.416 e. The highest BCUT2D eigenvalue weighted by Gasteiger charge is 2.34. The van der Waals surface area contributed by atoms with Crippen LogP contribution in [-0.4, -0.2) is 23.7 Å². The Balaban J connectivity index is 1.87. The molecule has 0 heterocycles. The van der Waals surface area contributed by atoms with Crippen molar-refractivity contribution in [3.8, 4) is 5.75 Å². The van der Waals surface area contributed by atoms with Crippen molar-refractivity contribution in [3.63, 3.8) is 0 Å². The molecule has 128 valence electrons. The summed E-state index contributed by atoms with van der Waals surface area (Å²) in [5, 5.41) is 12.0. The predicted molar refractivity (Wildman–Crippen MR) is 86.1 cm³/mol. The van der Waals surface area contributed by atoms with Crippen LogP contribution >= 0.6 is 0 Å². The highest BCUT2D eigenvalue weighted by atomic mass is 19.4. The Morgan fingerprint density at radius 1 is 1.38 bits per heavy atom. The van der Waals surface area contributed by atoms with Crippen molar-refractivity contribution in [2.45, 2.75) is 13.1 Å². The highest BCUT2D eigenvalue weighted by Crippen LogP contribution is 2.32. The summed E-state index contributed by atoms with van der Waals surface area (Å²) in [4.78, 5) is 11.8. The van der Waals surface area contributed by atoms with E-state index in [-0.39, 0.29) is 30.0 Å². The lowest BCUT2D eigenvalue weighted by Crippen LogP contribution is -2.31. The fraction of sp³-hybridized carbons (Fsp3) is 0.278. The summed E-state index contributed by atoms with van der Waals surface area (Å²) in [7, 11) is 0. The molecule has 1 aromatic rings. The van der Waals surface area contributed by atoms with Gasteiger partial charge in [-0.25, -0.2) is 0 Å². The minimum Gasteiger partial charge on any atom is -0.508 e. The van der Waals surface area contributed by atoms with Crippen molar-refractivity contribution in [2.24, 2.45) is 11.8 Å². The maximum absolute atomic E-state index is 12.6. The number of nitrogens with one attached hydrogen (secondary N) is 1. The van der Waals surface area contributed by atoms with Crippen LogP contribution in [0.15, 0.2) is 54.1 Å². The minimum absolute atomic E-state index is 0.103. The van der Waals surface area contributed by atoms with E-state index in [9.17, 15) is 23.1 Å². The zero-order chi connectivity index (χ0) is 17.7. The molecule has 6 heteroatoms. The zero-order valence-corrected chi connectivity index (χ0v) is 13.0. The Kier molecular flexibility index (Phi) is 5.49. The molecule has 0 bridgehead atoms. The largest absolute Gasteiger partial charge is 0.508 e. The van der Waals surface area contributed by atoms with Crippen molar-refractivity contribution in [1.82, 2.24) is 5.32 Å². The summed E-state index contributed by atoms with van der Waals surface area (Å²) in [6.45, 7) is 1.94. The molecular formula is C18H18F3NO2. The second kappa shape index (κ2) is 7.38. The molecule has 0 saturated carbocycles. The molecule has 1 aliphatic rings. The summed E-state index contributed by atoms with van der Waals surface area (Å²) in [6, 6.07) is 6.43. The second-order valence-electron chi connectivity index (χ2n) is 5.68. The molecule has 3 nitrogen and oxygen atoms in total. The quantitative estimate of drug-likeness (QED) is 0.821. The van der Waals surface area contributed by atoms with E-state index in [4.69, 9.17) is 0 Å². The van der Waals surface area contributed by atoms with Gasteiger partial charge >= 0.3 is 6.18 Å². The first-order valence-corrected chi connectivity index (χ1v) is 7.48. The van der Waals surface area contributed by atoms with Crippen molar-refractivity contribution < 1.29 is 23.1 Å². The molecule has 2 rings (SSSR count). The fourth-order valence-corrected chi connectivity index (χ4v) is 2.39. The third-order valence-corrected chi connectivity index (χ3v) is 3.78. The summed E-state index contributed by atoms with van der Waals surface area (Å²) in [6.07, 6.45) is 2.24. The van der Waals surface area contributed by atoms with Gasteiger partial charge in [-0.1, -0.05) is 37.3 Å². The van der Waals surface area contributed by atoms with Gasteiger partial charge in [0.15, 0.2) is 0 Å². The molecule has 2 N–H and O–H groups in total. The Bertz CT molecular complexity index is 690. The first-order chi connectivity index (χ1) is 11.3. The number of rotatable bonds is 4. The monoisotopic (exact) mass is 337 g/mol. The highest BCUT2D eigenvalue weighted by molar-refractivity contribution is 5.91. The van der Waals surface area contributed by atoms with E-state index in [1.54, 1.807) is 25.1 Å². The number of phenols is 1. The number of phenolic OH excluding ortho intramolecular Hbond substituents is 1. The Morgan fingerprint density at radius 3 is 2.75 bits per heavy atom. The van der Waals surface area contributed by atoms with Gasteiger partial charge in [0.2, 0.25) is 5.91 Å². The van der Waals surface area contributed by atoms with Crippen LogP contribution in [0.25, 0.3) is 6.08 Å². The van der Waals surface area contributed by atoms with Crippen LogP contribution in [0.3, 0.4) is 0 Å². The molecule has 0 fully saturated rings. The third-order valence-electron chi connectivity index (χ3n) is 3.78. The molecule has 24 heavy (non-hydrogen) atoms. The Hall–Kier alpha value is -2.50. The van der Waals surface area contributed by atoms with Crippen molar-refractivity contribution in [2.75, 3.05) is 6.54 Å². The predicted octanol–water partition coefficient (Wildman–Crippen LogP) is 3.83. The van der Waals surface area contributed by atoms with Gasteiger partial charge in [-0.2, -0.15) is 13.2 Å². The number of halogens is 3. The summed E-state index contributed by atoms with van der Waals surface area (Å²) < 4.78 is 37.9. The number of carbonyl (C=O) groups is 1. The Morgan fingerprint density at radius 2 is 2.12 bits per heavy atom. The number of hydrogen-bond acceptors (Lipinski definition) is 2. The zero-order valence-electron chi connectivity index (χ0n) is 13.0. The molecular weight excluding hydrogens is 319 g/mol. The van der Waals surface area contributed by atoms with Gasteiger partial charge in [-0.3, -0.25) is 4.79 Å². The molecule has 0 saturated heterocycles. The number of hydrogen-bond donors (Lipinski definition) is 2. The fourth-order valence-electron chi connectivity index (χ4n) is 2.39. The summed E-state index contributed by atoms with van der Waals surface area (Å²) in [5.41, 5.74) is 0.0233. The van der Waals surface area contributed by atoms with Crippen LogP contribution in [0.1, 0.15) is 12.5 Å². The van der Waals surface area contributed by atoms with Crippen molar-refractivity contribution in [3.05, 3.63) is 59.7 Å². The molecule has 1 aliphatic carbocycles. The number of aromatic hydroxyl groups is 1. The van der Waals surface area contributed by atoms with Gasteiger partial charge < -0.3 is 10.4 Å². The van der Waals surface area contributed by atoms with Gasteiger partial charge in [0.25, 0.3) is 0 Å². The topological polar surface area (TPSA) is 49.3 Å². The van der Waals surface area contributed by atoms with E-state index >= 15 is 0 Å². The summed E-state index contributed by atoms with van der Waals surface area (Å²) in [5.74, 6) is -0.744. The number of alkyl halides is 3. The van der Waals surface area contributed by atoms with Crippen molar-refractivity contribution in [1.29, 1.82) is 0 Å². The number of carbonyl (C=O) groups excluding carboxylic acids is 1. The average Bonchev–Trinajstić information content (AvgIpc) is 2.51. The van der Waals surface area contributed by atoms with Gasteiger partial charge in [0, 0.05) is 18.5 Å². The van der Waals surface area contributed by atoms with Crippen LogP contribution < -0.4 is 5.32 Å². The first kappa shape index (κ1) is 17.8. The van der Waals surface area contributed by atoms with Gasteiger partial charge in [-0.15, -0.1) is 0 Å². The molecule has 0 radical (unpaired) electrons. The first-order valence-electron chi connectivity index (χ1n) is 7.48. The van der Waals surface area contributed by atoms with E-state index < -0.39 is 11.7 Å². The molecule has 1 aromatic carbocycles. The molecule has 2 unspecified atom stereocenters. The van der Waals surface area contributed by atoms with E-state index in [0.29, 0.717) is 5.56 Å². The number of amides is 1. The normalized spacial score (nSPS) is 20.9. The second-order valence-corrected chi connectivity index (χ2v) is 5.68. The standard InChI is InChI=1S/C18H18F3NO2/c1-12-9-15(18(19,20)21)7-6-14(12)11-22-17(24)8-5-13-3-2-4-16(23)10-13/h2-10,12,14,23H,11H2,1H3,(H,22,24)/b8-5+. The van der Waals surface area contributed by atoms with Crippen LogP contribution in [0, 0.1) is 11.8 Å². The van der Waals surface area contributed by atoms with Gasteiger partial charge in [0.05, 0.1) is 5.57 Å². The van der Waals surface area contributed by atoms with E-state index in [2.05, 4.69) is 5.32 Å². The summed E-state index contributed by atoms with van der Waals surface area (Å²) >= 11 is 0. The minimum atomic E-state index is -4.34. The van der Waals surface area contributed by atoms with Crippen LogP contribution in [0.2, 0.25) is 0 Å². The van der Waals surface area contributed by atoms with Crippen LogP contribution in [-0.2, 0) is 4.79 Å². The van der Waals surface area contributed by atoms with Crippen LogP contribution in [0.4, 0.5) is 13.2 Å². The van der Waals surface area contributed by atoms with Crippen LogP contribution in [0.5, 0.6) is 5.75 Å². The maximum atomic E-state index is 12.6. The van der Waals surface area contributed by atoms with E-state index in [0.717, 1.165) is 6.08 Å². The smallest absolute Gasteiger partial charge is 0.416 e. The van der Waals surface area contributed by atoms with Gasteiger partial charge in [0.1, 0.15) is 5.75 Å².